The van der Waals surface area contributed by atoms with E-state index in [-0.39, 0.29) is 17.6 Å². The largest absolute Gasteiger partial charge is 0.379 e. The average molecular weight is 515 g/mol. The van der Waals surface area contributed by atoms with E-state index in [4.69, 9.17) is 16.3 Å². The third-order valence-corrected chi connectivity index (χ3v) is 8.36. The summed E-state index contributed by atoms with van der Waals surface area (Å²) in [5, 5.41) is 0.703. The molecule has 3 aliphatic rings. The summed E-state index contributed by atoms with van der Waals surface area (Å²) in [6.45, 7) is 4.81. The summed E-state index contributed by atoms with van der Waals surface area (Å²) in [5.41, 5.74) is 4.43. The number of para-hydroxylation sites is 1. The first-order valence-electron chi connectivity index (χ1n) is 13.2. The van der Waals surface area contributed by atoms with Gasteiger partial charge in [-0.3, -0.25) is 14.5 Å². The van der Waals surface area contributed by atoms with Crippen molar-refractivity contribution >= 4 is 29.0 Å². The summed E-state index contributed by atoms with van der Waals surface area (Å²) in [7, 11) is 0. The molecule has 1 saturated heterocycles. The van der Waals surface area contributed by atoms with Gasteiger partial charge in [0.25, 0.3) is 0 Å². The Morgan fingerprint density at radius 2 is 1.78 bits per heavy atom. The molecule has 1 spiro atoms. The summed E-state index contributed by atoms with van der Waals surface area (Å²) in [5.74, 6) is 0.461. The second-order valence-electron chi connectivity index (χ2n) is 10.4. The molecule has 1 saturated carbocycles. The molecular formula is C31H31ClN2O3. The number of nitrogens with zero attached hydrogens (tertiary/aromatic N) is 2. The molecule has 37 heavy (non-hydrogen) atoms. The van der Waals surface area contributed by atoms with Crippen LogP contribution >= 0.6 is 11.6 Å². The van der Waals surface area contributed by atoms with E-state index in [9.17, 15) is 9.59 Å². The topological polar surface area (TPSA) is 49.9 Å². The molecule has 1 amide bonds. The number of morpholine rings is 1. The summed E-state index contributed by atoms with van der Waals surface area (Å²) in [6, 6.07) is 23.8. The van der Waals surface area contributed by atoms with Crippen molar-refractivity contribution in [3.63, 3.8) is 0 Å². The SMILES string of the molecule is O=C(CCCN1CCOCC1)c1cccc(CN2C(=O)[C@]3(C[C@@H]3c3ccc(Cl)cc3)c3ccccc32)c1. The molecule has 3 aromatic carbocycles. The van der Waals surface area contributed by atoms with Gasteiger partial charge in [0.1, 0.15) is 0 Å². The van der Waals surface area contributed by atoms with E-state index in [1.54, 1.807) is 0 Å². The lowest BCUT2D eigenvalue weighted by molar-refractivity contribution is -0.120. The second kappa shape index (κ2) is 10.1. The van der Waals surface area contributed by atoms with Crippen LogP contribution in [-0.2, 0) is 21.5 Å². The third-order valence-electron chi connectivity index (χ3n) is 8.11. The number of fused-ring (bicyclic) bond motifs is 2. The Bertz CT molecular complexity index is 1320. The first kappa shape index (κ1) is 24.4. The highest BCUT2D eigenvalue weighted by atomic mass is 35.5. The van der Waals surface area contributed by atoms with E-state index in [0.717, 1.165) is 73.6 Å². The van der Waals surface area contributed by atoms with Gasteiger partial charge in [0, 0.05) is 41.7 Å². The van der Waals surface area contributed by atoms with Gasteiger partial charge in [-0.1, -0.05) is 60.1 Å². The fourth-order valence-corrected chi connectivity index (χ4v) is 6.19. The predicted octanol–water partition coefficient (Wildman–Crippen LogP) is 5.61. The maximum atomic E-state index is 13.9. The molecule has 5 nitrogen and oxygen atoms in total. The zero-order valence-corrected chi connectivity index (χ0v) is 21.6. The van der Waals surface area contributed by atoms with E-state index in [0.29, 0.717) is 18.0 Å². The number of carbonyl (C=O) groups is 2. The highest BCUT2D eigenvalue weighted by molar-refractivity contribution is 6.30. The zero-order valence-electron chi connectivity index (χ0n) is 20.9. The van der Waals surface area contributed by atoms with Gasteiger partial charge in [-0.05, 0) is 60.3 Å². The summed E-state index contributed by atoms with van der Waals surface area (Å²) < 4.78 is 5.40. The summed E-state index contributed by atoms with van der Waals surface area (Å²) in [6.07, 6.45) is 2.18. The Hall–Kier alpha value is -2.99. The van der Waals surface area contributed by atoms with Crippen molar-refractivity contribution in [2.24, 2.45) is 0 Å². The molecule has 6 heteroatoms. The number of hydrogen-bond acceptors (Lipinski definition) is 4. The van der Waals surface area contributed by atoms with Crippen molar-refractivity contribution in [2.75, 3.05) is 37.7 Å². The molecule has 0 bridgehead atoms. The number of halogens is 1. The molecule has 2 fully saturated rings. The smallest absolute Gasteiger partial charge is 0.238 e. The van der Waals surface area contributed by atoms with E-state index < -0.39 is 5.41 Å². The second-order valence-corrected chi connectivity index (χ2v) is 10.8. The number of benzene rings is 3. The summed E-state index contributed by atoms with van der Waals surface area (Å²) >= 11 is 6.10. The third kappa shape index (κ3) is 4.61. The number of anilines is 1. The Morgan fingerprint density at radius 1 is 1.00 bits per heavy atom. The Labute approximate surface area is 223 Å². The van der Waals surface area contributed by atoms with Crippen molar-refractivity contribution in [3.8, 4) is 0 Å². The predicted molar refractivity (Wildman–Crippen MR) is 145 cm³/mol. The number of ether oxygens (including phenoxy) is 1. The van der Waals surface area contributed by atoms with Crippen molar-refractivity contribution in [1.82, 2.24) is 4.90 Å². The number of ketones is 1. The Balaban J connectivity index is 1.17. The van der Waals surface area contributed by atoms with Crippen LogP contribution in [0.5, 0.6) is 0 Å². The Kier molecular flexibility index (Phi) is 6.62. The van der Waals surface area contributed by atoms with Gasteiger partial charge in [-0.2, -0.15) is 0 Å². The van der Waals surface area contributed by atoms with E-state index in [1.165, 1.54) is 0 Å². The van der Waals surface area contributed by atoms with Gasteiger partial charge >= 0.3 is 0 Å². The lowest BCUT2D eigenvalue weighted by Crippen LogP contribution is -2.36. The first-order chi connectivity index (χ1) is 18.1. The quantitative estimate of drug-likeness (QED) is 0.367. The van der Waals surface area contributed by atoms with E-state index in [2.05, 4.69) is 11.0 Å². The van der Waals surface area contributed by atoms with Gasteiger partial charge in [0.05, 0.1) is 25.2 Å². The van der Waals surface area contributed by atoms with E-state index >= 15 is 0 Å². The standard InChI is InChI=1S/C31H31ClN2O3/c32-25-12-10-23(11-13-25)27-20-31(27)26-7-1-2-8-28(26)34(30(31)36)21-22-5-3-6-24(19-22)29(35)9-4-14-33-15-17-37-18-16-33/h1-3,5-8,10-13,19,27H,4,9,14-18,20-21H2/t27-,31-/m1/s1. The molecule has 190 valence electrons. The maximum absolute atomic E-state index is 13.9. The van der Waals surface area contributed by atoms with Crippen LogP contribution in [0.15, 0.2) is 72.8 Å². The fraction of sp³-hybridized carbons (Fsp3) is 0.355. The number of rotatable bonds is 8. The van der Waals surface area contributed by atoms with Gasteiger partial charge in [0.15, 0.2) is 5.78 Å². The summed E-state index contributed by atoms with van der Waals surface area (Å²) in [4.78, 5) is 31.1. The molecule has 2 aliphatic heterocycles. The maximum Gasteiger partial charge on any atom is 0.238 e. The molecule has 3 aromatic rings. The average Bonchev–Trinajstić information content (AvgIpc) is 3.64. The van der Waals surface area contributed by atoms with Gasteiger partial charge in [0.2, 0.25) is 5.91 Å². The van der Waals surface area contributed by atoms with Crippen molar-refractivity contribution in [2.45, 2.75) is 37.1 Å². The van der Waals surface area contributed by atoms with Crippen LogP contribution in [0.1, 0.15) is 52.2 Å². The van der Waals surface area contributed by atoms with Gasteiger partial charge in [-0.15, -0.1) is 0 Å². The molecule has 6 rings (SSSR count). The molecule has 2 atom stereocenters. The zero-order chi connectivity index (χ0) is 25.4. The van der Waals surface area contributed by atoms with Crippen molar-refractivity contribution in [3.05, 3.63) is 100 Å². The minimum Gasteiger partial charge on any atom is -0.379 e. The number of carbonyl (C=O) groups excluding carboxylic acids is 2. The van der Waals surface area contributed by atoms with E-state index in [1.807, 2.05) is 71.6 Å². The minimum atomic E-state index is -0.503. The Morgan fingerprint density at radius 3 is 2.59 bits per heavy atom. The van der Waals surface area contributed by atoms with Crippen LogP contribution in [0, 0.1) is 0 Å². The number of hydrogen-bond donors (Lipinski definition) is 0. The van der Waals surface area contributed by atoms with Crippen LogP contribution in [0.4, 0.5) is 5.69 Å². The molecule has 0 unspecified atom stereocenters. The van der Waals surface area contributed by atoms with Crippen molar-refractivity contribution < 1.29 is 14.3 Å². The van der Waals surface area contributed by atoms with Crippen molar-refractivity contribution in [1.29, 1.82) is 0 Å². The minimum absolute atomic E-state index is 0.149. The monoisotopic (exact) mass is 514 g/mol. The van der Waals surface area contributed by atoms with Crippen LogP contribution < -0.4 is 4.90 Å². The van der Waals surface area contributed by atoms with Crippen LogP contribution in [-0.4, -0.2) is 49.4 Å². The van der Waals surface area contributed by atoms with Crippen LogP contribution in [0.25, 0.3) is 0 Å². The fourth-order valence-electron chi connectivity index (χ4n) is 6.06. The lowest BCUT2D eigenvalue weighted by atomic mass is 9.92. The molecule has 0 radical (unpaired) electrons. The number of amides is 1. The highest BCUT2D eigenvalue weighted by Crippen LogP contribution is 2.66. The number of Topliss-reactive ketones (excluding diaryl/α,β-unsaturated/α-hetero) is 1. The lowest BCUT2D eigenvalue weighted by Gasteiger charge is -2.26. The van der Waals surface area contributed by atoms with Crippen LogP contribution in [0.3, 0.4) is 0 Å². The molecule has 0 N–H and O–H groups in total. The molecule has 0 aromatic heterocycles. The normalized spacial score (nSPS) is 22.9. The molecular weight excluding hydrogens is 484 g/mol. The first-order valence-corrected chi connectivity index (χ1v) is 13.5. The van der Waals surface area contributed by atoms with Gasteiger partial charge < -0.3 is 9.64 Å². The molecule has 1 aliphatic carbocycles. The van der Waals surface area contributed by atoms with Crippen LogP contribution in [0.2, 0.25) is 5.02 Å². The highest BCUT2D eigenvalue weighted by Gasteiger charge is 2.67. The van der Waals surface area contributed by atoms with Gasteiger partial charge in [-0.25, -0.2) is 0 Å². The molecule has 2 heterocycles.